The van der Waals surface area contributed by atoms with Gasteiger partial charge in [-0.2, -0.15) is 4.65 Å². The van der Waals surface area contributed by atoms with Gasteiger partial charge in [0.1, 0.15) is 5.75 Å². The monoisotopic (exact) mass is 219 g/mol. The minimum atomic E-state index is -0.410. The lowest BCUT2D eigenvalue weighted by atomic mass is 10.4. The van der Waals surface area contributed by atoms with E-state index < -0.39 is 5.56 Å². The second kappa shape index (κ2) is 3.61. The number of aromatic hydroxyl groups is 1. The molecule has 0 aliphatic carbocycles. The zero-order valence-electron chi connectivity index (χ0n) is 7.94. The van der Waals surface area contributed by atoms with Crippen LogP contribution in [0.3, 0.4) is 0 Å². The molecule has 1 aromatic heterocycles. The van der Waals surface area contributed by atoms with Crippen LogP contribution in [0.15, 0.2) is 17.1 Å². The fourth-order valence-electron chi connectivity index (χ4n) is 1.02. The number of hydrogen-bond acceptors (Lipinski definition) is 3. The molecule has 6 heteroatoms. The standard InChI is InChI=1S/C8H11ClN2O3/c1-11(2,14)5-10-4-6(9)7(12)3-8(10)13/h3-4,14H,5H2,1-2H3/p+1. The Balaban J connectivity index is 3.11. The highest BCUT2D eigenvalue weighted by Crippen LogP contribution is 2.19. The van der Waals surface area contributed by atoms with Gasteiger partial charge in [0.2, 0.25) is 0 Å². The quantitative estimate of drug-likeness (QED) is 0.567. The molecule has 0 saturated heterocycles. The Bertz CT molecular complexity index is 395. The summed E-state index contributed by atoms with van der Waals surface area (Å²) in [7, 11) is 3.04. The van der Waals surface area contributed by atoms with Crippen molar-refractivity contribution in [1.29, 1.82) is 0 Å². The molecule has 0 aromatic carbocycles. The van der Waals surface area contributed by atoms with E-state index in [1.807, 2.05) is 0 Å². The number of rotatable bonds is 2. The van der Waals surface area contributed by atoms with Gasteiger partial charge in [0.25, 0.3) is 5.56 Å². The van der Waals surface area contributed by atoms with E-state index in [0.29, 0.717) is 0 Å². The van der Waals surface area contributed by atoms with Gasteiger partial charge in [-0.25, -0.2) is 5.21 Å². The summed E-state index contributed by atoms with van der Waals surface area (Å²) in [6.45, 7) is 0.0683. The van der Waals surface area contributed by atoms with Crippen LogP contribution in [0, 0.1) is 0 Å². The molecule has 78 valence electrons. The second-order valence-electron chi connectivity index (χ2n) is 3.58. The molecule has 0 spiro atoms. The van der Waals surface area contributed by atoms with Crippen LogP contribution < -0.4 is 5.56 Å². The Morgan fingerprint density at radius 2 is 2.14 bits per heavy atom. The van der Waals surface area contributed by atoms with Crippen LogP contribution in [0.25, 0.3) is 0 Å². The maximum absolute atomic E-state index is 11.3. The van der Waals surface area contributed by atoms with Crippen molar-refractivity contribution in [2.24, 2.45) is 0 Å². The summed E-state index contributed by atoms with van der Waals surface area (Å²) in [5.41, 5.74) is -0.410. The molecule has 0 aliphatic rings. The molecule has 0 aliphatic heterocycles. The van der Waals surface area contributed by atoms with E-state index in [-0.39, 0.29) is 22.1 Å². The van der Waals surface area contributed by atoms with Crippen LogP contribution in [-0.4, -0.2) is 33.6 Å². The zero-order chi connectivity index (χ0) is 10.9. The molecule has 0 atom stereocenters. The van der Waals surface area contributed by atoms with Gasteiger partial charge in [-0.3, -0.25) is 9.36 Å². The lowest BCUT2D eigenvalue weighted by Gasteiger charge is -2.20. The third kappa shape index (κ3) is 2.73. The van der Waals surface area contributed by atoms with Crippen molar-refractivity contribution in [3.8, 4) is 5.75 Å². The van der Waals surface area contributed by atoms with Crippen molar-refractivity contribution in [2.75, 3.05) is 14.1 Å². The van der Waals surface area contributed by atoms with Crippen molar-refractivity contribution < 1.29 is 15.0 Å². The second-order valence-corrected chi connectivity index (χ2v) is 3.98. The Morgan fingerprint density at radius 3 is 2.64 bits per heavy atom. The fraction of sp³-hybridized carbons (Fsp3) is 0.375. The van der Waals surface area contributed by atoms with Crippen LogP contribution in [-0.2, 0) is 6.67 Å². The minimum Gasteiger partial charge on any atom is -0.506 e. The molecule has 1 heterocycles. The molecule has 5 nitrogen and oxygen atoms in total. The molecule has 0 bridgehead atoms. The van der Waals surface area contributed by atoms with Crippen LogP contribution in [0.5, 0.6) is 5.75 Å². The van der Waals surface area contributed by atoms with Crippen LogP contribution in [0.1, 0.15) is 0 Å². The topological polar surface area (TPSA) is 62.5 Å². The first-order chi connectivity index (χ1) is 6.29. The summed E-state index contributed by atoms with van der Waals surface area (Å²) in [6, 6.07) is 1.01. The Labute approximate surface area is 85.9 Å². The van der Waals surface area contributed by atoms with Crippen LogP contribution >= 0.6 is 11.6 Å². The molecule has 1 aromatic rings. The molecular weight excluding hydrogens is 208 g/mol. The van der Waals surface area contributed by atoms with Crippen molar-refractivity contribution in [2.45, 2.75) is 6.67 Å². The van der Waals surface area contributed by atoms with Crippen molar-refractivity contribution in [3.63, 3.8) is 0 Å². The number of nitrogens with zero attached hydrogens (tertiary/aromatic N) is 2. The molecular formula is C8H12ClN2O3+. The van der Waals surface area contributed by atoms with Gasteiger partial charge >= 0.3 is 0 Å². The highest BCUT2D eigenvalue weighted by Gasteiger charge is 2.13. The Kier molecular flexibility index (Phi) is 2.84. The first kappa shape index (κ1) is 11.0. The fourth-order valence-corrected chi connectivity index (χ4v) is 1.19. The molecule has 0 unspecified atom stereocenters. The van der Waals surface area contributed by atoms with E-state index in [4.69, 9.17) is 16.7 Å². The Morgan fingerprint density at radius 1 is 1.57 bits per heavy atom. The van der Waals surface area contributed by atoms with Gasteiger partial charge in [-0.05, 0) is 0 Å². The SMILES string of the molecule is C[N+](C)(O)Cn1cc(Cl)c(O)cc1=O. The molecule has 0 fully saturated rings. The lowest BCUT2D eigenvalue weighted by Crippen LogP contribution is -2.40. The van der Waals surface area contributed by atoms with Crippen LogP contribution in [0.4, 0.5) is 0 Å². The van der Waals surface area contributed by atoms with Crippen molar-refractivity contribution in [1.82, 2.24) is 4.57 Å². The summed E-state index contributed by atoms with van der Waals surface area (Å²) in [5, 5.41) is 18.6. The third-order valence-electron chi connectivity index (χ3n) is 1.56. The predicted octanol–water partition coefficient (Wildman–Crippen LogP) is 0.630. The average Bonchev–Trinajstić information content (AvgIpc) is 1.97. The van der Waals surface area contributed by atoms with Gasteiger partial charge in [-0.1, -0.05) is 11.6 Å². The number of pyridine rings is 1. The first-order valence-electron chi connectivity index (χ1n) is 3.94. The van der Waals surface area contributed by atoms with E-state index in [1.165, 1.54) is 24.9 Å². The summed E-state index contributed by atoms with van der Waals surface area (Å²) in [4.78, 5) is 11.3. The number of aromatic nitrogens is 1. The third-order valence-corrected chi connectivity index (χ3v) is 1.85. The van der Waals surface area contributed by atoms with Crippen molar-refractivity contribution >= 4 is 11.6 Å². The summed E-state index contributed by atoms with van der Waals surface area (Å²) >= 11 is 5.62. The van der Waals surface area contributed by atoms with Crippen LogP contribution in [0.2, 0.25) is 5.02 Å². The number of hydrogen-bond donors (Lipinski definition) is 2. The van der Waals surface area contributed by atoms with Gasteiger partial charge in [-0.15, -0.1) is 0 Å². The Hall–Kier alpha value is -1.04. The van der Waals surface area contributed by atoms with Gasteiger partial charge in [0, 0.05) is 12.3 Å². The van der Waals surface area contributed by atoms with Gasteiger partial charge in [0.15, 0.2) is 6.67 Å². The van der Waals surface area contributed by atoms with E-state index in [0.717, 1.165) is 6.07 Å². The summed E-state index contributed by atoms with van der Waals surface area (Å²) < 4.78 is 0.836. The van der Waals surface area contributed by atoms with E-state index >= 15 is 0 Å². The highest BCUT2D eigenvalue weighted by molar-refractivity contribution is 6.31. The minimum absolute atomic E-state index is 0.0683. The summed E-state index contributed by atoms with van der Waals surface area (Å²) in [6.07, 6.45) is 1.29. The smallest absolute Gasteiger partial charge is 0.258 e. The van der Waals surface area contributed by atoms with Gasteiger partial charge in [0.05, 0.1) is 19.1 Å². The number of quaternary nitrogens is 1. The molecule has 0 amide bonds. The molecule has 1 rings (SSSR count). The normalized spacial score (nSPS) is 11.7. The highest BCUT2D eigenvalue weighted by atomic mass is 35.5. The predicted molar refractivity (Wildman–Crippen MR) is 51.3 cm³/mol. The maximum Gasteiger partial charge on any atom is 0.258 e. The zero-order valence-corrected chi connectivity index (χ0v) is 8.69. The first-order valence-corrected chi connectivity index (χ1v) is 4.32. The number of hydroxylamine groups is 3. The largest absolute Gasteiger partial charge is 0.506 e. The molecule has 0 radical (unpaired) electrons. The lowest BCUT2D eigenvalue weighted by molar-refractivity contribution is -1.09. The van der Waals surface area contributed by atoms with E-state index in [2.05, 4.69) is 0 Å². The number of halogens is 1. The summed E-state index contributed by atoms with van der Waals surface area (Å²) in [5.74, 6) is -0.254. The van der Waals surface area contributed by atoms with E-state index in [1.54, 1.807) is 0 Å². The molecule has 14 heavy (non-hydrogen) atoms. The maximum atomic E-state index is 11.3. The average molecular weight is 220 g/mol. The van der Waals surface area contributed by atoms with E-state index in [9.17, 15) is 10.0 Å². The van der Waals surface area contributed by atoms with Crippen molar-refractivity contribution in [3.05, 3.63) is 27.6 Å². The van der Waals surface area contributed by atoms with Gasteiger partial charge < -0.3 is 5.11 Å². The molecule has 2 N–H and O–H groups in total. The molecule has 0 saturated carbocycles.